The van der Waals surface area contributed by atoms with Crippen LogP contribution in [0, 0.1) is 6.92 Å². The van der Waals surface area contributed by atoms with Crippen LogP contribution in [0.3, 0.4) is 0 Å². The van der Waals surface area contributed by atoms with Crippen molar-refractivity contribution >= 4 is 6.21 Å². The molecule has 0 bridgehead atoms. The smallest absolute Gasteiger partial charge is 0.145 e. The Labute approximate surface area is 84.0 Å². The molecule has 0 atom stereocenters. The van der Waals surface area contributed by atoms with Crippen molar-refractivity contribution in [2.45, 2.75) is 6.92 Å². The molecule has 0 unspecified atom stereocenters. The Morgan fingerprint density at radius 1 is 1.43 bits per heavy atom. The largest absolute Gasteiger partial charge is 0.460 e. The van der Waals surface area contributed by atoms with Gasteiger partial charge in [0.1, 0.15) is 11.5 Å². The summed E-state index contributed by atoms with van der Waals surface area (Å²) in [4.78, 5) is 4.17. The number of rotatable bonds is 4. The Kier molecular flexibility index (Phi) is 3.68. The van der Waals surface area contributed by atoms with Crippen molar-refractivity contribution in [3.8, 4) is 0 Å². The van der Waals surface area contributed by atoms with E-state index in [2.05, 4.69) is 18.2 Å². The van der Waals surface area contributed by atoms with Gasteiger partial charge >= 0.3 is 0 Å². The average Bonchev–Trinajstić information content (AvgIpc) is 2.59. The molecule has 1 heterocycles. The summed E-state index contributed by atoms with van der Waals surface area (Å²) < 4.78 is 5.32. The van der Waals surface area contributed by atoms with E-state index in [-0.39, 0.29) is 0 Å². The highest BCUT2D eigenvalue weighted by Gasteiger charge is 1.93. The number of nitrogens with zero attached hydrogens (tertiary/aromatic N) is 1. The maximum absolute atomic E-state index is 5.32. The molecule has 0 aromatic carbocycles. The molecule has 0 aliphatic heterocycles. The molecule has 0 fully saturated rings. The maximum Gasteiger partial charge on any atom is 0.145 e. The molecule has 0 saturated carbocycles. The minimum atomic E-state index is 0.735. The Bertz CT molecular complexity index is 383. The van der Waals surface area contributed by atoms with Gasteiger partial charge in [-0.2, -0.15) is 0 Å². The van der Waals surface area contributed by atoms with Gasteiger partial charge in [0.15, 0.2) is 0 Å². The van der Waals surface area contributed by atoms with Crippen molar-refractivity contribution in [1.82, 2.24) is 0 Å². The van der Waals surface area contributed by atoms with Gasteiger partial charge in [-0.05, 0) is 31.2 Å². The van der Waals surface area contributed by atoms with Gasteiger partial charge in [-0.15, -0.1) is 0 Å². The van der Waals surface area contributed by atoms with Gasteiger partial charge < -0.3 is 4.42 Å². The first-order valence-electron chi connectivity index (χ1n) is 4.32. The minimum Gasteiger partial charge on any atom is -0.460 e. The number of hydrogen-bond acceptors (Lipinski definition) is 2. The fourth-order valence-corrected chi connectivity index (χ4v) is 0.945. The number of aliphatic imine (C=N–C) groups is 1. The average molecular weight is 187 g/mol. The lowest BCUT2D eigenvalue weighted by Crippen LogP contribution is -1.76. The zero-order valence-electron chi connectivity index (χ0n) is 8.23. The Hall–Kier alpha value is -1.83. The first-order valence-corrected chi connectivity index (χ1v) is 4.32. The van der Waals surface area contributed by atoms with Crippen molar-refractivity contribution < 1.29 is 4.42 Å². The first-order chi connectivity index (χ1) is 6.76. The van der Waals surface area contributed by atoms with Gasteiger partial charge in [-0.3, -0.25) is 4.99 Å². The van der Waals surface area contributed by atoms with Crippen LogP contribution in [0.2, 0.25) is 0 Å². The molecule has 1 rings (SSSR count). The molecule has 0 spiro atoms. The zero-order chi connectivity index (χ0) is 10.4. The third-order valence-corrected chi connectivity index (χ3v) is 1.60. The summed E-state index contributed by atoms with van der Waals surface area (Å²) in [6, 6.07) is 3.76. The predicted molar refractivity (Wildman–Crippen MR) is 59.5 cm³/mol. The van der Waals surface area contributed by atoms with E-state index in [4.69, 9.17) is 4.42 Å². The van der Waals surface area contributed by atoms with Crippen molar-refractivity contribution in [2.24, 2.45) is 4.99 Å². The van der Waals surface area contributed by atoms with Gasteiger partial charge in [0.05, 0.1) is 11.9 Å². The lowest BCUT2D eigenvalue weighted by molar-refractivity contribution is 0.528. The van der Waals surface area contributed by atoms with Crippen molar-refractivity contribution in [2.75, 3.05) is 0 Å². The second kappa shape index (κ2) is 5.02. The van der Waals surface area contributed by atoms with Crippen LogP contribution < -0.4 is 0 Å². The molecule has 0 radical (unpaired) electrons. The molecular weight excluding hydrogens is 174 g/mol. The third kappa shape index (κ3) is 2.90. The van der Waals surface area contributed by atoms with Gasteiger partial charge in [0.25, 0.3) is 0 Å². The van der Waals surface area contributed by atoms with Crippen LogP contribution in [0.15, 0.2) is 58.6 Å². The summed E-state index contributed by atoms with van der Waals surface area (Å²) in [5.41, 5.74) is 0.758. The SMILES string of the molecule is C=C/C=C(\C=C)N=Cc1ccc(C)o1. The Morgan fingerprint density at radius 2 is 2.21 bits per heavy atom. The summed E-state index contributed by atoms with van der Waals surface area (Å²) >= 11 is 0. The molecule has 0 aliphatic rings. The van der Waals surface area contributed by atoms with Gasteiger partial charge in [0.2, 0.25) is 0 Å². The number of allylic oxidation sites excluding steroid dienone is 3. The molecule has 2 heteroatoms. The van der Waals surface area contributed by atoms with Crippen molar-refractivity contribution in [1.29, 1.82) is 0 Å². The monoisotopic (exact) mass is 187 g/mol. The lowest BCUT2D eigenvalue weighted by Gasteiger charge is -1.89. The summed E-state index contributed by atoms with van der Waals surface area (Å²) in [5.74, 6) is 1.61. The fourth-order valence-electron chi connectivity index (χ4n) is 0.945. The van der Waals surface area contributed by atoms with Crippen LogP contribution in [0.5, 0.6) is 0 Å². The Morgan fingerprint density at radius 3 is 2.71 bits per heavy atom. The van der Waals surface area contributed by atoms with E-state index in [0.29, 0.717) is 0 Å². The molecule has 72 valence electrons. The van der Waals surface area contributed by atoms with Crippen LogP contribution in [0.1, 0.15) is 11.5 Å². The molecule has 2 nitrogen and oxygen atoms in total. The molecule has 1 aromatic rings. The maximum atomic E-state index is 5.32. The summed E-state index contributed by atoms with van der Waals surface area (Å²) in [6.45, 7) is 9.12. The van der Waals surface area contributed by atoms with Crippen LogP contribution in [0.4, 0.5) is 0 Å². The first kappa shape index (κ1) is 10.3. The van der Waals surface area contributed by atoms with E-state index in [1.165, 1.54) is 0 Å². The Balaban J connectivity index is 2.76. The van der Waals surface area contributed by atoms with Crippen molar-refractivity contribution in [3.63, 3.8) is 0 Å². The van der Waals surface area contributed by atoms with Crippen LogP contribution >= 0.6 is 0 Å². The molecule has 0 N–H and O–H groups in total. The van der Waals surface area contributed by atoms with Crippen LogP contribution in [-0.2, 0) is 0 Å². The summed E-state index contributed by atoms with van der Waals surface area (Å²) in [5, 5.41) is 0. The normalized spacial score (nSPS) is 11.9. The second-order valence-electron chi connectivity index (χ2n) is 2.74. The quantitative estimate of drug-likeness (QED) is 0.524. The number of aryl methyl sites for hydroxylation is 1. The molecule has 14 heavy (non-hydrogen) atoms. The number of furan rings is 1. The fraction of sp³-hybridized carbons (Fsp3) is 0.0833. The minimum absolute atomic E-state index is 0.735. The van der Waals surface area contributed by atoms with E-state index in [1.807, 2.05) is 19.1 Å². The summed E-state index contributed by atoms with van der Waals surface area (Å²) in [7, 11) is 0. The van der Waals surface area contributed by atoms with Gasteiger partial charge in [-0.1, -0.05) is 19.2 Å². The second-order valence-corrected chi connectivity index (χ2v) is 2.74. The van der Waals surface area contributed by atoms with Gasteiger partial charge in [0, 0.05) is 0 Å². The molecule has 1 aromatic heterocycles. The van der Waals surface area contributed by atoms with E-state index < -0.39 is 0 Å². The standard InChI is InChI=1S/C12H13NO/c1-4-6-11(5-2)13-9-12-8-7-10(3)14-12/h4-9H,1-2H2,3H3/b11-6+,13-9?. The van der Waals surface area contributed by atoms with Crippen LogP contribution in [-0.4, -0.2) is 6.21 Å². The molecule has 0 saturated heterocycles. The predicted octanol–water partition coefficient (Wildman–Crippen LogP) is 3.26. The molecule has 0 aliphatic carbocycles. The van der Waals surface area contributed by atoms with E-state index in [9.17, 15) is 0 Å². The highest BCUT2D eigenvalue weighted by atomic mass is 16.3. The highest BCUT2D eigenvalue weighted by molar-refractivity contribution is 5.77. The highest BCUT2D eigenvalue weighted by Crippen LogP contribution is 2.05. The number of hydrogen-bond donors (Lipinski definition) is 0. The molecule has 0 amide bonds. The van der Waals surface area contributed by atoms with Gasteiger partial charge in [-0.25, -0.2) is 0 Å². The van der Waals surface area contributed by atoms with E-state index in [0.717, 1.165) is 17.2 Å². The van der Waals surface area contributed by atoms with E-state index in [1.54, 1.807) is 24.4 Å². The zero-order valence-corrected chi connectivity index (χ0v) is 8.23. The summed E-state index contributed by atoms with van der Waals surface area (Å²) in [6.07, 6.45) is 6.76. The van der Waals surface area contributed by atoms with Crippen molar-refractivity contribution in [3.05, 3.63) is 60.7 Å². The third-order valence-electron chi connectivity index (χ3n) is 1.60. The lowest BCUT2D eigenvalue weighted by atomic mass is 10.4. The van der Waals surface area contributed by atoms with E-state index >= 15 is 0 Å². The molecular formula is C12H13NO. The van der Waals surface area contributed by atoms with Crippen LogP contribution in [0.25, 0.3) is 0 Å². The topological polar surface area (TPSA) is 25.5 Å².